The molecule has 0 unspecified atom stereocenters. The van der Waals surface area contributed by atoms with Gasteiger partial charge in [0.25, 0.3) is 0 Å². The quantitative estimate of drug-likeness (QED) is 0.427. The van der Waals surface area contributed by atoms with Crippen molar-refractivity contribution in [3.8, 4) is 0 Å². The third kappa shape index (κ3) is 2.75. The van der Waals surface area contributed by atoms with Crippen molar-refractivity contribution in [3.63, 3.8) is 0 Å². The van der Waals surface area contributed by atoms with Crippen molar-refractivity contribution in [2.75, 3.05) is 12.0 Å². The number of aromatic nitrogens is 1. The van der Waals surface area contributed by atoms with Crippen LogP contribution in [0.25, 0.3) is 0 Å². The Hall–Kier alpha value is -0.150. The number of hydrogen-bond donors (Lipinski definition) is 1. The maximum Gasteiger partial charge on any atom is 0.182 e. The molecule has 0 atom stereocenters. The van der Waals surface area contributed by atoms with Gasteiger partial charge in [0, 0.05) is 11.8 Å². The van der Waals surface area contributed by atoms with E-state index in [9.17, 15) is 0 Å². The first kappa shape index (κ1) is 8.94. The van der Waals surface area contributed by atoms with Crippen LogP contribution in [0.15, 0.2) is 29.4 Å². The van der Waals surface area contributed by atoms with E-state index < -0.39 is 0 Å². The highest BCUT2D eigenvalue weighted by Gasteiger charge is 1.98. The topological polar surface area (TPSA) is 3.88 Å². The number of aryl methyl sites for hydroxylation is 1. The molecule has 0 saturated heterocycles. The molecule has 1 rings (SSSR count). The summed E-state index contributed by atoms with van der Waals surface area (Å²) in [5.41, 5.74) is 0. The summed E-state index contributed by atoms with van der Waals surface area (Å²) in [4.78, 5) is 1.30. The summed E-state index contributed by atoms with van der Waals surface area (Å²) in [7, 11) is 0. The smallest absolute Gasteiger partial charge is 0.182 e. The molecule has 0 saturated carbocycles. The molecule has 0 aliphatic heterocycles. The Morgan fingerprint density at radius 2 is 2.45 bits per heavy atom. The van der Waals surface area contributed by atoms with Crippen molar-refractivity contribution < 1.29 is 4.57 Å². The van der Waals surface area contributed by atoms with Crippen LogP contribution in [0.4, 0.5) is 0 Å². The summed E-state index contributed by atoms with van der Waals surface area (Å²) in [6.07, 6.45) is 6.29. The van der Waals surface area contributed by atoms with E-state index in [1.54, 1.807) is 11.8 Å². The van der Waals surface area contributed by atoms with Gasteiger partial charge in [-0.1, -0.05) is 0 Å². The van der Waals surface area contributed by atoms with Crippen LogP contribution in [-0.4, -0.2) is 12.0 Å². The van der Waals surface area contributed by atoms with E-state index >= 15 is 0 Å². The average Bonchev–Trinajstić information content (AvgIpc) is 2.06. The van der Waals surface area contributed by atoms with Gasteiger partial charge >= 0.3 is 0 Å². The van der Waals surface area contributed by atoms with Gasteiger partial charge in [0.1, 0.15) is 0 Å². The van der Waals surface area contributed by atoms with E-state index in [2.05, 4.69) is 48.0 Å². The van der Waals surface area contributed by atoms with Gasteiger partial charge in [-0.3, -0.25) is 0 Å². The van der Waals surface area contributed by atoms with Crippen LogP contribution in [0, 0.1) is 0 Å². The predicted molar refractivity (Wildman–Crippen MR) is 52.3 cm³/mol. The number of rotatable bonds is 3. The molecule has 0 bridgehead atoms. The second-order valence-corrected chi connectivity index (χ2v) is 3.53. The molecule has 60 valence electrons. The molecule has 0 N–H and O–H groups in total. The van der Waals surface area contributed by atoms with Gasteiger partial charge in [0.15, 0.2) is 18.9 Å². The van der Waals surface area contributed by atoms with Crippen LogP contribution >= 0.6 is 24.4 Å². The van der Waals surface area contributed by atoms with Crippen molar-refractivity contribution in [3.05, 3.63) is 24.5 Å². The highest BCUT2D eigenvalue weighted by atomic mass is 32.2. The van der Waals surface area contributed by atoms with E-state index in [-0.39, 0.29) is 0 Å². The van der Waals surface area contributed by atoms with Crippen LogP contribution in [0.5, 0.6) is 0 Å². The molecular weight excluding hydrogens is 174 g/mol. The Kier molecular flexibility index (Phi) is 3.80. The van der Waals surface area contributed by atoms with E-state index in [1.165, 1.54) is 4.90 Å². The highest BCUT2D eigenvalue weighted by molar-refractivity contribution is 7.98. The van der Waals surface area contributed by atoms with Crippen LogP contribution in [0.3, 0.4) is 0 Å². The second-order valence-electron chi connectivity index (χ2n) is 2.21. The van der Waals surface area contributed by atoms with Gasteiger partial charge < -0.3 is 0 Å². The third-order valence-corrected chi connectivity index (χ3v) is 2.34. The maximum absolute atomic E-state index is 4.17. The molecule has 0 amide bonds. The van der Waals surface area contributed by atoms with Gasteiger partial charge in [-0.15, -0.1) is 11.8 Å². The molecule has 1 heterocycles. The Morgan fingerprint density at radius 3 is 3.09 bits per heavy atom. The SMILES string of the molecule is CSc1ccc[n+](CCS)c1. The first-order chi connectivity index (χ1) is 5.36. The number of thiol groups is 1. The molecule has 0 aliphatic carbocycles. The summed E-state index contributed by atoms with van der Waals surface area (Å²) >= 11 is 5.93. The fraction of sp³-hybridized carbons (Fsp3) is 0.375. The van der Waals surface area contributed by atoms with Crippen molar-refractivity contribution >= 4 is 24.4 Å². The minimum atomic E-state index is 0.891. The van der Waals surface area contributed by atoms with Gasteiger partial charge in [-0.2, -0.15) is 12.6 Å². The van der Waals surface area contributed by atoms with Crippen molar-refractivity contribution in [2.24, 2.45) is 0 Å². The fourth-order valence-electron chi connectivity index (χ4n) is 0.873. The molecule has 0 spiro atoms. The maximum atomic E-state index is 4.17. The zero-order valence-electron chi connectivity index (χ0n) is 6.53. The van der Waals surface area contributed by atoms with Gasteiger partial charge in [-0.25, -0.2) is 4.57 Å². The lowest BCUT2D eigenvalue weighted by atomic mass is 10.5. The van der Waals surface area contributed by atoms with E-state index in [4.69, 9.17) is 0 Å². The van der Waals surface area contributed by atoms with E-state index in [0.29, 0.717) is 0 Å². The van der Waals surface area contributed by atoms with Crippen LogP contribution < -0.4 is 4.57 Å². The number of nitrogens with zero attached hydrogens (tertiary/aromatic N) is 1. The summed E-state index contributed by atoms with van der Waals surface area (Å²) in [6.45, 7) is 0.984. The van der Waals surface area contributed by atoms with Crippen molar-refractivity contribution in [2.45, 2.75) is 11.4 Å². The lowest BCUT2D eigenvalue weighted by molar-refractivity contribution is -0.694. The van der Waals surface area contributed by atoms with Gasteiger partial charge in [-0.05, 0) is 12.3 Å². The summed E-state index contributed by atoms with van der Waals surface area (Å²) < 4.78 is 2.15. The molecular formula is C8H12NS2+. The molecule has 1 aromatic rings. The largest absolute Gasteiger partial charge is 0.203 e. The molecule has 0 fully saturated rings. The second kappa shape index (κ2) is 4.67. The first-order valence-electron chi connectivity index (χ1n) is 3.51. The minimum Gasteiger partial charge on any atom is -0.203 e. The normalized spacial score (nSPS) is 10.0. The third-order valence-electron chi connectivity index (χ3n) is 1.42. The Labute approximate surface area is 77.2 Å². The number of pyridine rings is 1. The molecule has 0 radical (unpaired) electrons. The number of hydrogen-bond acceptors (Lipinski definition) is 2. The fourth-order valence-corrected chi connectivity index (χ4v) is 1.56. The number of thioether (sulfide) groups is 1. The first-order valence-corrected chi connectivity index (χ1v) is 5.36. The van der Waals surface area contributed by atoms with Gasteiger partial charge in [0.2, 0.25) is 0 Å². The average molecular weight is 186 g/mol. The molecule has 0 aliphatic rings. The van der Waals surface area contributed by atoms with E-state index in [0.717, 1.165) is 12.3 Å². The summed E-state index contributed by atoms with van der Waals surface area (Å²) in [5, 5.41) is 0. The van der Waals surface area contributed by atoms with Crippen LogP contribution in [0.2, 0.25) is 0 Å². The van der Waals surface area contributed by atoms with Crippen molar-refractivity contribution in [1.82, 2.24) is 0 Å². The van der Waals surface area contributed by atoms with E-state index in [1.807, 2.05) is 0 Å². The molecule has 11 heavy (non-hydrogen) atoms. The monoisotopic (exact) mass is 186 g/mol. The molecule has 3 heteroatoms. The lowest BCUT2D eigenvalue weighted by Gasteiger charge is -1.94. The zero-order chi connectivity index (χ0) is 8.10. The summed E-state index contributed by atoms with van der Waals surface area (Å²) in [6, 6.07) is 4.18. The summed E-state index contributed by atoms with van der Waals surface area (Å²) in [5.74, 6) is 0.891. The zero-order valence-corrected chi connectivity index (χ0v) is 8.24. The molecule has 0 aromatic carbocycles. The van der Waals surface area contributed by atoms with Crippen LogP contribution in [0.1, 0.15) is 0 Å². The van der Waals surface area contributed by atoms with Crippen LogP contribution in [-0.2, 0) is 6.54 Å². The Morgan fingerprint density at radius 1 is 1.64 bits per heavy atom. The standard InChI is InChI=1S/C8H11NS2/c1-11-8-3-2-4-9(7-8)5-6-10/h2-4,7H,5-6H2,1H3/p+1. The van der Waals surface area contributed by atoms with Gasteiger partial charge in [0.05, 0.1) is 4.90 Å². The minimum absolute atomic E-state index is 0.891. The lowest BCUT2D eigenvalue weighted by Crippen LogP contribution is -2.33. The highest BCUT2D eigenvalue weighted by Crippen LogP contribution is 2.09. The Bertz CT molecular complexity index is 225. The molecule has 1 aromatic heterocycles. The molecule has 1 nitrogen and oxygen atoms in total. The predicted octanol–water partition coefficient (Wildman–Crippen LogP) is 1.63. The Balaban J connectivity index is 2.74. The van der Waals surface area contributed by atoms with Crippen molar-refractivity contribution in [1.29, 1.82) is 0 Å².